The normalized spacial score (nSPS) is 19.3. The van der Waals surface area contributed by atoms with Gasteiger partial charge in [0.1, 0.15) is 5.54 Å². The van der Waals surface area contributed by atoms with Crippen LogP contribution in [0.15, 0.2) is 0 Å². The Hall–Kier alpha value is -1.24. The molecule has 0 aromatic rings. The molecule has 60 valence electrons. The Bertz CT molecular complexity index is 202. The van der Waals surface area contributed by atoms with E-state index in [-0.39, 0.29) is 5.91 Å². The summed E-state index contributed by atoms with van der Waals surface area (Å²) in [6, 6.07) is 0. The number of likely N-dealkylation sites (N-methyl/N-ethyl adjacent to an activating group) is 1. The fourth-order valence-electron chi connectivity index (χ4n) is 1.29. The van der Waals surface area contributed by atoms with Gasteiger partial charge in [0.15, 0.2) is 6.19 Å². The fraction of sp³-hybridized carbons (Fsp3) is 0.714. The highest BCUT2D eigenvalue weighted by atomic mass is 16.2. The van der Waals surface area contributed by atoms with Gasteiger partial charge in [0.25, 0.3) is 0 Å². The second-order valence-corrected chi connectivity index (χ2v) is 2.75. The van der Waals surface area contributed by atoms with Crippen molar-refractivity contribution in [2.45, 2.75) is 24.8 Å². The largest absolute Gasteiger partial charge is 0.357 e. The van der Waals surface area contributed by atoms with Crippen molar-refractivity contribution in [2.75, 3.05) is 7.05 Å². The van der Waals surface area contributed by atoms with E-state index in [1.54, 1.807) is 7.05 Å². The van der Waals surface area contributed by atoms with Crippen LogP contribution in [0, 0.1) is 11.5 Å². The van der Waals surface area contributed by atoms with E-state index in [0.717, 1.165) is 19.3 Å². The molecule has 1 aliphatic rings. The summed E-state index contributed by atoms with van der Waals surface area (Å²) in [5.74, 6) is -0.0784. The van der Waals surface area contributed by atoms with Gasteiger partial charge in [-0.15, -0.1) is 0 Å². The van der Waals surface area contributed by atoms with Crippen molar-refractivity contribution < 1.29 is 4.79 Å². The molecule has 4 heteroatoms. The van der Waals surface area contributed by atoms with Gasteiger partial charge in [-0.2, -0.15) is 5.26 Å². The van der Waals surface area contributed by atoms with E-state index in [4.69, 9.17) is 5.26 Å². The second-order valence-electron chi connectivity index (χ2n) is 2.75. The quantitative estimate of drug-likeness (QED) is 0.424. The maximum Gasteiger partial charge on any atom is 0.246 e. The SMILES string of the molecule is CNC(=O)C1(NC#N)CCC1. The Labute approximate surface area is 65.6 Å². The zero-order valence-electron chi connectivity index (χ0n) is 6.48. The van der Waals surface area contributed by atoms with E-state index in [1.165, 1.54) is 0 Å². The number of hydrogen-bond donors (Lipinski definition) is 2. The summed E-state index contributed by atoms with van der Waals surface area (Å²) < 4.78 is 0. The highest BCUT2D eigenvalue weighted by Gasteiger charge is 2.43. The molecular weight excluding hydrogens is 142 g/mol. The monoisotopic (exact) mass is 153 g/mol. The highest BCUT2D eigenvalue weighted by Crippen LogP contribution is 2.31. The molecule has 11 heavy (non-hydrogen) atoms. The number of hydrogen-bond acceptors (Lipinski definition) is 3. The van der Waals surface area contributed by atoms with Gasteiger partial charge in [-0.1, -0.05) is 0 Å². The maximum absolute atomic E-state index is 11.2. The molecule has 4 nitrogen and oxygen atoms in total. The first-order valence-corrected chi connectivity index (χ1v) is 3.63. The summed E-state index contributed by atoms with van der Waals surface area (Å²) in [6.45, 7) is 0. The molecule has 0 radical (unpaired) electrons. The summed E-state index contributed by atoms with van der Waals surface area (Å²) in [6.07, 6.45) is 4.36. The molecule has 0 atom stereocenters. The fourth-order valence-corrected chi connectivity index (χ4v) is 1.29. The summed E-state index contributed by atoms with van der Waals surface area (Å²) in [7, 11) is 1.58. The van der Waals surface area contributed by atoms with E-state index in [0.29, 0.717) is 0 Å². The van der Waals surface area contributed by atoms with Crippen molar-refractivity contribution in [3.8, 4) is 6.19 Å². The van der Waals surface area contributed by atoms with Crippen molar-refractivity contribution in [1.82, 2.24) is 10.6 Å². The smallest absolute Gasteiger partial charge is 0.246 e. The van der Waals surface area contributed by atoms with Crippen molar-refractivity contribution >= 4 is 5.91 Å². The molecule has 1 aliphatic carbocycles. The van der Waals surface area contributed by atoms with Crippen LogP contribution in [0.25, 0.3) is 0 Å². The van der Waals surface area contributed by atoms with E-state index in [1.807, 2.05) is 6.19 Å². The second kappa shape index (κ2) is 2.79. The van der Waals surface area contributed by atoms with Crippen LogP contribution in [0.3, 0.4) is 0 Å². The summed E-state index contributed by atoms with van der Waals surface area (Å²) in [5.41, 5.74) is -0.580. The Morgan fingerprint density at radius 1 is 1.64 bits per heavy atom. The molecule has 1 saturated carbocycles. The van der Waals surface area contributed by atoms with Gasteiger partial charge in [0.2, 0.25) is 5.91 Å². The van der Waals surface area contributed by atoms with Crippen LogP contribution in [0.2, 0.25) is 0 Å². The van der Waals surface area contributed by atoms with Crippen LogP contribution in [-0.2, 0) is 4.79 Å². The third-order valence-corrected chi connectivity index (χ3v) is 2.16. The molecule has 1 amide bonds. The standard InChI is InChI=1S/C7H11N3O/c1-9-6(11)7(10-5-8)3-2-4-7/h10H,2-4H2,1H3,(H,9,11). The van der Waals surface area contributed by atoms with Gasteiger partial charge >= 0.3 is 0 Å². The van der Waals surface area contributed by atoms with Crippen LogP contribution >= 0.6 is 0 Å². The molecule has 0 saturated heterocycles. The Morgan fingerprint density at radius 2 is 2.27 bits per heavy atom. The van der Waals surface area contributed by atoms with Crippen molar-refractivity contribution in [3.63, 3.8) is 0 Å². The molecule has 1 fully saturated rings. The van der Waals surface area contributed by atoms with Gasteiger partial charge in [0.05, 0.1) is 0 Å². The van der Waals surface area contributed by atoms with E-state index in [9.17, 15) is 4.79 Å². The number of nitrogens with zero attached hydrogens (tertiary/aromatic N) is 1. The summed E-state index contributed by atoms with van der Waals surface area (Å²) in [4.78, 5) is 11.2. The first-order valence-electron chi connectivity index (χ1n) is 3.63. The molecule has 0 bridgehead atoms. The zero-order chi connectivity index (χ0) is 8.32. The van der Waals surface area contributed by atoms with E-state index >= 15 is 0 Å². The minimum atomic E-state index is -0.580. The maximum atomic E-state index is 11.2. The number of amides is 1. The van der Waals surface area contributed by atoms with Crippen molar-refractivity contribution in [3.05, 3.63) is 0 Å². The molecule has 0 unspecified atom stereocenters. The van der Waals surface area contributed by atoms with Crippen LogP contribution in [0.5, 0.6) is 0 Å². The average Bonchev–Trinajstić information content (AvgIpc) is 1.95. The van der Waals surface area contributed by atoms with Crippen LogP contribution in [-0.4, -0.2) is 18.5 Å². The van der Waals surface area contributed by atoms with Crippen LogP contribution in [0.1, 0.15) is 19.3 Å². The number of rotatable bonds is 2. The van der Waals surface area contributed by atoms with Crippen LogP contribution in [0.4, 0.5) is 0 Å². The lowest BCUT2D eigenvalue weighted by atomic mass is 9.76. The van der Waals surface area contributed by atoms with Gasteiger partial charge < -0.3 is 10.6 Å². The first-order chi connectivity index (χ1) is 5.25. The molecule has 0 aromatic heterocycles. The summed E-state index contributed by atoms with van der Waals surface area (Å²) >= 11 is 0. The molecule has 0 heterocycles. The third-order valence-electron chi connectivity index (χ3n) is 2.16. The topological polar surface area (TPSA) is 64.9 Å². The Balaban J connectivity index is 2.61. The molecule has 0 spiro atoms. The predicted molar refractivity (Wildman–Crippen MR) is 39.4 cm³/mol. The third kappa shape index (κ3) is 1.14. The lowest BCUT2D eigenvalue weighted by molar-refractivity contribution is -0.129. The van der Waals surface area contributed by atoms with Gasteiger partial charge in [-0.05, 0) is 19.3 Å². The first kappa shape index (κ1) is 7.86. The summed E-state index contributed by atoms with van der Waals surface area (Å²) in [5, 5.41) is 13.4. The predicted octanol–water partition coefficient (Wildman–Crippen LogP) is -0.274. The Kier molecular flexibility index (Phi) is 1.99. The zero-order valence-corrected chi connectivity index (χ0v) is 6.48. The van der Waals surface area contributed by atoms with E-state index < -0.39 is 5.54 Å². The lowest BCUT2D eigenvalue weighted by Crippen LogP contribution is -2.59. The van der Waals surface area contributed by atoms with Gasteiger partial charge in [-0.3, -0.25) is 4.79 Å². The van der Waals surface area contributed by atoms with E-state index in [2.05, 4.69) is 10.6 Å². The Morgan fingerprint density at radius 3 is 2.55 bits per heavy atom. The van der Waals surface area contributed by atoms with Crippen molar-refractivity contribution in [1.29, 1.82) is 5.26 Å². The number of nitriles is 1. The number of nitrogens with one attached hydrogen (secondary N) is 2. The molecule has 0 aromatic carbocycles. The van der Waals surface area contributed by atoms with Gasteiger partial charge in [0, 0.05) is 7.05 Å². The molecular formula is C7H11N3O. The molecule has 0 aliphatic heterocycles. The van der Waals surface area contributed by atoms with Crippen LogP contribution < -0.4 is 10.6 Å². The highest BCUT2D eigenvalue weighted by molar-refractivity contribution is 5.87. The lowest BCUT2D eigenvalue weighted by Gasteiger charge is -2.38. The average molecular weight is 153 g/mol. The van der Waals surface area contributed by atoms with Gasteiger partial charge in [-0.25, -0.2) is 0 Å². The minimum Gasteiger partial charge on any atom is -0.357 e. The molecule has 2 N–H and O–H groups in total. The molecule has 1 rings (SSSR count). The minimum absolute atomic E-state index is 0.0784. The number of carbonyl (C=O) groups excluding carboxylic acids is 1. The number of carbonyl (C=O) groups is 1. The van der Waals surface area contributed by atoms with Crippen molar-refractivity contribution in [2.24, 2.45) is 0 Å².